The fraction of sp³-hybridized carbons (Fsp3) is 1.00. The quantitative estimate of drug-likeness (QED) is 0.497. The molecule has 0 amide bonds. The van der Waals surface area contributed by atoms with Crippen LogP contribution in [0.4, 0.5) is 4.39 Å². The van der Waals surface area contributed by atoms with Gasteiger partial charge in [0.1, 0.15) is 0 Å². The number of hydrogen-bond donors (Lipinski definition) is 0. The molecule has 0 radical (unpaired) electrons. The van der Waals surface area contributed by atoms with Crippen molar-refractivity contribution in [1.82, 2.24) is 0 Å². The molecule has 6 heavy (non-hydrogen) atoms. The minimum absolute atomic E-state index is 0.421. The SMILES string of the molecule is FC(I)CCCl. The maximum atomic E-state index is 11.6. The summed E-state index contributed by atoms with van der Waals surface area (Å²) in [5, 5.41) is 0. The van der Waals surface area contributed by atoms with E-state index in [1.54, 1.807) is 22.6 Å². The highest BCUT2D eigenvalue weighted by Gasteiger charge is 1.94. The van der Waals surface area contributed by atoms with Gasteiger partial charge in [0.05, 0.1) is 0 Å². The van der Waals surface area contributed by atoms with Gasteiger partial charge in [-0.25, -0.2) is 4.39 Å². The van der Waals surface area contributed by atoms with Crippen molar-refractivity contribution in [1.29, 1.82) is 0 Å². The van der Waals surface area contributed by atoms with Crippen LogP contribution < -0.4 is 0 Å². The van der Waals surface area contributed by atoms with Gasteiger partial charge in [-0.15, -0.1) is 11.6 Å². The van der Waals surface area contributed by atoms with Crippen molar-refractivity contribution in [3.63, 3.8) is 0 Å². The first-order valence-electron chi connectivity index (χ1n) is 1.61. The molecule has 0 bridgehead atoms. The van der Waals surface area contributed by atoms with Crippen molar-refractivity contribution in [3.8, 4) is 0 Å². The molecule has 0 aromatic rings. The Hall–Kier alpha value is 0.950. The zero-order chi connectivity index (χ0) is 4.99. The van der Waals surface area contributed by atoms with E-state index in [-0.39, 0.29) is 0 Å². The van der Waals surface area contributed by atoms with Gasteiger partial charge in [0.15, 0.2) is 4.18 Å². The molecule has 0 aromatic carbocycles. The van der Waals surface area contributed by atoms with Crippen LogP contribution >= 0.6 is 34.2 Å². The zero-order valence-corrected chi connectivity index (χ0v) is 6.04. The van der Waals surface area contributed by atoms with Gasteiger partial charge in [0, 0.05) is 12.3 Å². The minimum Gasteiger partial charge on any atom is -0.236 e. The molecule has 0 aromatic heterocycles. The fourth-order valence-corrected chi connectivity index (χ4v) is 0.954. The highest BCUT2D eigenvalue weighted by Crippen LogP contribution is 2.06. The zero-order valence-electron chi connectivity index (χ0n) is 3.13. The van der Waals surface area contributed by atoms with E-state index in [2.05, 4.69) is 0 Å². The van der Waals surface area contributed by atoms with Gasteiger partial charge in [-0.3, -0.25) is 0 Å². The van der Waals surface area contributed by atoms with Gasteiger partial charge in [0.2, 0.25) is 0 Å². The van der Waals surface area contributed by atoms with Crippen LogP contribution in [0.3, 0.4) is 0 Å². The van der Waals surface area contributed by atoms with Crippen LogP contribution in [0, 0.1) is 0 Å². The second-order valence-corrected chi connectivity index (χ2v) is 2.60. The maximum Gasteiger partial charge on any atom is 0.152 e. The first kappa shape index (κ1) is 6.95. The molecule has 1 atom stereocenters. The lowest BCUT2D eigenvalue weighted by Crippen LogP contribution is -1.85. The summed E-state index contributed by atoms with van der Waals surface area (Å²) >= 11 is 6.84. The normalized spacial score (nSPS) is 14.5. The summed E-state index contributed by atoms with van der Waals surface area (Å²) < 4.78 is 10.8. The second kappa shape index (κ2) is 4.12. The lowest BCUT2D eigenvalue weighted by Gasteiger charge is -1.88. The third-order valence-electron chi connectivity index (χ3n) is 0.327. The van der Waals surface area contributed by atoms with E-state index in [9.17, 15) is 4.39 Å². The Labute approximate surface area is 55.2 Å². The molecule has 0 nitrogen and oxygen atoms in total. The standard InChI is InChI=1S/C3H5ClFI/c4-2-1-3(5)6/h3H,1-2H2. The van der Waals surface area contributed by atoms with Gasteiger partial charge >= 0.3 is 0 Å². The van der Waals surface area contributed by atoms with E-state index in [1.165, 1.54) is 0 Å². The molecule has 0 aliphatic heterocycles. The van der Waals surface area contributed by atoms with Gasteiger partial charge in [-0.2, -0.15) is 0 Å². The molecule has 0 aliphatic carbocycles. The van der Waals surface area contributed by atoms with Crippen LogP contribution in [0.5, 0.6) is 0 Å². The summed E-state index contributed by atoms with van der Waals surface area (Å²) in [5.41, 5.74) is 0. The van der Waals surface area contributed by atoms with Gasteiger partial charge in [0.25, 0.3) is 0 Å². The number of halogens is 3. The van der Waals surface area contributed by atoms with Crippen LogP contribution in [0.2, 0.25) is 0 Å². The first-order chi connectivity index (χ1) is 2.77. The van der Waals surface area contributed by atoms with Crippen LogP contribution in [0.1, 0.15) is 6.42 Å². The first-order valence-corrected chi connectivity index (χ1v) is 3.39. The lowest BCUT2D eigenvalue weighted by molar-refractivity contribution is 0.465. The lowest BCUT2D eigenvalue weighted by atomic mass is 10.6. The Balaban J connectivity index is 2.63. The summed E-state index contributed by atoms with van der Waals surface area (Å²) in [7, 11) is 0. The third-order valence-corrected chi connectivity index (χ3v) is 1.17. The Kier molecular flexibility index (Phi) is 4.77. The minimum atomic E-state index is -0.764. The molecular formula is C3H5ClFI. The number of alkyl halides is 3. The molecular weight excluding hydrogens is 217 g/mol. The molecule has 38 valence electrons. The Bertz CT molecular complexity index is 32.0. The number of rotatable bonds is 2. The third kappa shape index (κ3) is 4.95. The fourth-order valence-electron chi connectivity index (χ4n) is 0.0825. The second-order valence-electron chi connectivity index (χ2n) is 0.869. The van der Waals surface area contributed by atoms with E-state index in [0.717, 1.165) is 0 Å². The van der Waals surface area contributed by atoms with Crippen molar-refractivity contribution >= 4 is 34.2 Å². The van der Waals surface area contributed by atoms with Crippen molar-refractivity contribution in [2.75, 3.05) is 5.88 Å². The Morgan fingerprint density at radius 3 is 2.33 bits per heavy atom. The molecule has 0 saturated heterocycles. The molecule has 0 saturated carbocycles. The summed E-state index contributed by atoms with van der Waals surface area (Å²) in [6.45, 7) is 0. The van der Waals surface area contributed by atoms with Crippen molar-refractivity contribution in [2.45, 2.75) is 10.6 Å². The Morgan fingerprint density at radius 2 is 2.33 bits per heavy atom. The van der Waals surface area contributed by atoms with Crippen LogP contribution in [-0.4, -0.2) is 10.1 Å². The van der Waals surface area contributed by atoms with Crippen LogP contribution in [0.15, 0.2) is 0 Å². The molecule has 1 unspecified atom stereocenters. The average molecular weight is 222 g/mol. The van der Waals surface area contributed by atoms with E-state index >= 15 is 0 Å². The van der Waals surface area contributed by atoms with Crippen LogP contribution in [-0.2, 0) is 0 Å². The van der Waals surface area contributed by atoms with Gasteiger partial charge in [-0.05, 0) is 22.6 Å². The van der Waals surface area contributed by atoms with Crippen LogP contribution in [0.25, 0.3) is 0 Å². The van der Waals surface area contributed by atoms with Crippen molar-refractivity contribution < 1.29 is 4.39 Å². The molecule has 0 N–H and O–H groups in total. The smallest absolute Gasteiger partial charge is 0.152 e. The molecule has 0 heterocycles. The van der Waals surface area contributed by atoms with Gasteiger partial charge in [-0.1, -0.05) is 0 Å². The predicted molar refractivity (Wildman–Crippen MR) is 34.3 cm³/mol. The summed E-state index contributed by atoms with van der Waals surface area (Å²) in [6.07, 6.45) is 0.460. The summed E-state index contributed by atoms with van der Waals surface area (Å²) in [5.74, 6) is 0.421. The van der Waals surface area contributed by atoms with E-state index < -0.39 is 4.18 Å². The average Bonchev–Trinajstić information content (AvgIpc) is 1.35. The van der Waals surface area contributed by atoms with Crippen molar-refractivity contribution in [2.24, 2.45) is 0 Å². The molecule has 0 rings (SSSR count). The van der Waals surface area contributed by atoms with Gasteiger partial charge < -0.3 is 0 Å². The molecule has 0 fully saturated rings. The highest BCUT2D eigenvalue weighted by atomic mass is 127. The largest absolute Gasteiger partial charge is 0.236 e. The van der Waals surface area contributed by atoms with E-state index in [0.29, 0.717) is 12.3 Å². The van der Waals surface area contributed by atoms with Crippen molar-refractivity contribution in [3.05, 3.63) is 0 Å². The topological polar surface area (TPSA) is 0 Å². The number of hydrogen-bond acceptors (Lipinski definition) is 0. The van der Waals surface area contributed by atoms with E-state index in [1.807, 2.05) is 0 Å². The predicted octanol–water partition coefficient (Wildman–Crippen LogP) is 2.35. The summed E-state index contributed by atoms with van der Waals surface area (Å²) in [6, 6.07) is 0. The monoisotopic (exact) mass is 222 g/mol. The maximum absolute atomic E-state index is 11.6. The summed E-state index contributed by atoms with van der Waals surface area (Å²) in [4.78, 5) is 0. The molecule has 0 aliphatic rings. The van der Waals surface area contributed by atoms with E-state index in [4.69, 9.17) is 11.6 Å². The Morgan fingerprint density at radius 1 is 1.83 bits per heavy atom. The molecule has 0 spiro atoms. The molecule has 3 heteroatoms. The highest BCUT2D eigenvalue weighted by molar-refractivity contribution is 14.1.